The van der Waals surface area contributed by atoms with Crippen molar-refractivity contribution in [3.05, 3.63) is 59.9 Å². The summed E-state index contributed by atoms with van der Waals surface area (Å²) in [6.07, 6.45) is 9.10. The Kier molecular flexibility index (Phi) is 8.31. The van der Waals surface area contributed by atoms with Gasteiger partial charge in [0.1, 0.15) is 11.4 Å². The summed E-state index contributed by atoms with van der Waals surface area (Å²) in [7, 11) is 0. The molecule has 2 heterocycles. The smallest absolute Gasteiger partial charge is 0.269 e. The number of hydrogen-bond donors (Lipinski definition) is 1. The topological polar surface area (TPSA) is 54.5 Å². The third-order valence-corrected chi connectivity index (χ3v) is 5.03. The van der Waals surface area contributed by atoms with Gasteiger partial charge < -0.3 is 10.1 Å². The summed E-state index contributed by atoms with van der Waals surface area (Å²) in [4.78, 5) is 18.5. The highest BCUT2D eigenvalue weighted by Gasteiger charge is 2.09. The van der Waals surface area contributed by atoms with E-state index in [0.29, 0.717) is 18.8 Å². The molecule has 0 atom stereocenters. The molecule has 1 N–H and O–H groups in total. The number of hydrogen-bond acceptors (Lipinski definition) is 4. The van der Waals surface area contributed by atoms with Crippen LogP contribution in [0.3, 0.4) is 0 Å². The molecule has 1 amide bonds. The van der Waals surface area contributed by atoms with Crippen LogP contribution in [0, 0.1) is 0 Å². The number of carbonyl (C=O) groups excluding carboxylic acids is 1. The van der Waals surface area contributed by atoms with E-state index in [0.717, 1.165) is 18.7 Å². The van der Waals surface area contributed by atoms with Gasteiger partial charge in [-0.05, 0) is 62.2 Å². The summed E-state index contributed by atoms with van der Waals surface area (Å²) >= 11 is 0. The van der Waals surface area contributed by atoms with Crippen molar-refractivity contribution in [2.45, 2.75) is 45.1 Å². The predicted molar refractivity (Wildman–Crippen MR) is 111 cm³/mol. The minimum Gasteiger partial charge on any atom is -0.494 e. The van der Waals surface area contributed by atoms with E-state index in [9.17, 15) is 4.79 Å². The van der Waals surface area contributed by atoms with Gasteiger partial charge in [-0.3, -0.25) is 14.7 Å². The third kappa shape index (κ3) is 6.97. The summed E-state index contributed by atoms with van der Waals surface area (Å²) in [5.74, 6) is 0.761. The Morgan fingerprint density at radius 2 is 1.86 bits per heavy atom. The van der Waals surface area contributed by atoms with E-state index in [2.05, 4.69) is 33.4 Å². The molecule has 0 bridgehead atoms. The fraction of sp³-hybridized carbons (Fsp3) is 0.478. The minimum atomic E-state index is -0.143. The number of likely N-dealkylation sites (tertiary alicyclic amines) is 1. The molecule has 0 unspecified atom stereocenters. The fourth-order valence-electron chi connectivity index (χ4n) is 3.51. The zero-order chi connectivity index (χ0) is 19.4. The molecule has 3 rings (SSSR count). The Labute approximate surface area is 168 Å². The van der Waals surface area contributed by atoms with Crippen molar-refractivity contribution in [2.75, 3.05) is 26.2 Å². The molecule has 1 fully saturated rings. The van der Waals surface area contributed by atoms with Gasteiger partial charge in [0, 0.05) is 19.3 Å². The SMILES string of the molecule is O=C(NCCCOc1cccc(CN2CCCCCCC2)c1)c1ccccn1. The summed E-state index contributed by atoms with van der Waals surface area (Å²) in [5.41, 5.74) is 1.75. The highest BCUT2D eigenvalue weighted by molar-refractivity contribution is 5.92. The largest absolute Gasteiger partial charge is 0.494 e. The molecule has 5 nitrogen and oxygen atoms in total. The van der Waals surface area contributed by atoms with E-state index < -0.39 is 0 Å². The number of nitrogens with one attached hydrogen (secondary N) is 1. The molecular formula is C23H31N3O2. The number of benzene rings is 1. The Morgan fingerprint density at radius 1 is 1.04 bits per heavy atom. The lowest BCUT2D eigenvalue weighted by Gasteiger charge is -2.24. The first kappa shape index (κ1) is 20.3. The quantitative estimate of drug-likeness (QED) is 0.701. The fourth-order valence-corrected chi connectivity index (χ4v) is 3.51. The lowest BCUT2D eigenvalue weighted by Crippen LogP contribution is -2.27. The van der Waals surface area contributed by atoms with Gasteiger partial charge in [0.05, 0.1) is 6.61 Å². The molecule has 0 radical (unpaired) electrons. The second kappa shape index (κ2) is 11.4. The van der Waals surface area contributed by atoms with Gasteiger partial charge in [-0.1, -0.05) is 37.5 Å². The zero-order valence-corrected chi connectivity index (χ0v) is 16.6. The Morgan fingerprint density at radius 3 is 2.64 bits per heavy atom. The first-order chi connectivity index (χ1) is 13.8. The number of ether oxygens (including phenoxy) is 1. The molecule has 0 spiro atoms. The minimum absolute atomic E-state index is 0.143. The van der Waals surface area contributed by atoms with Gasteiger partial charge in [-0.25, -0.2) is 0 Å². The molecule has 1 aliphatic rings. The van der Waals surface area contributed by atoms with Crippen molar-refractivity contribution in [3.63, 3.8) is 0 Å². The Bertz CT molecular complexity index is 713. The van der Waals surface area contributed by atoms with E-state index in [4.69, 9.17) is 4.74 Å². The van der Waals surface area contributed by atoms with Crippen LogP contribution in [-0.4, -0.2) is 42.0 Å². The van der Waals surface area contributed by atoms with Crippen LogP contribution in [0.2, 0.25) is 0 Å². The molecule has 1 aliphatic heterocycles. The predicted octanol–water partition coefficient (Wildman–Crippen LogP) is 4.05. The summed E-state index contributed by atoms with van der Waals surface area (Å²) in [5, 5.41) is 2.87. The lowest BCUT2D eigenvalue weighted by atomic mass is 10.1. The summed E-state index contributed by atoms with van der Waals surface area (Å²) < 4.78 is 5.88. The number of aromatic nitrogens is 1. The van der Waals surface area contributed by atoms with Crippen molar-refractivity contribution in [3.8, 4) is 5.75 Å². The average Bonchev–Trinajstić information content (AvgIpc) is 2.70. The Hall–Kier alpha value is -2.40. The number of pyridine rings is 1. The van der Waals surface area contributed by atoms with Gasteiger partial charge in [0.25, 0.3) is 5.91 Å². The van der Waals surface area contributed by atoms with Crippen molar-refractivity contribution >= 4 is 5.91 Å². The highest BCUT2D eigenvalue weighted by Crippen LogP contribution is 2.17. The number of rotatable bonds is 8. The molecular weight excluding hydrogens is 350 g/mol. The van der Waals surface area contributed by atoms with Crippen LogP contribution in [0.25, 0.3) is 0 Å². The maximum Gasteiger partial charge on any atom is 0.269 e. The van der Waals surface area contributed by atoms with Crippen molar-refractivity contribution in [2.24, 2.45) is 0 Å². The van der Waals surface area contributed by atoms with Crippen LogP contribution >= 0.6 is 0 Å². The van der Waals surface area contributed by atoms with E-state index in [1.807, 2.05) is 12.1 Å². The van der Waals surface area contributed by atoms with Gasteiger partial charge in [-0.15, -0.1) is 0 Å². The monoisotopic (exact) mass is 381 g/mol. The second-order valence-corrected chi connectivity index (χ2v) is 7.36. The first-order valence-electron chi connectivity index (χ1n) is 10.4. The molecule has 0 saturated carbocycles. The average molecular weight is 382 g/mol. The van der Waals surface area contributed by atoms with Gasteiger partial charge in [-0.2, -0.15) is 0 Å². The zero-order valence-electron chi connectivity index (χ0n) is 16.6. The standard InChI is InChI=1S/C23H31N3O2/c27-23(22-12-4-5-13-24-22)25-14-9-17-28-21-11-8-10-20(18-21)19-26-15-6-2-1-3-7-16-26/h4-5,8,10-13,18H,1-3,6-7,9,14-17,19H2,(H,25,27). The third-order valence-electron chi connectivity index (χ3n) is 5.03. The molecule has 2 aromatic rings. The lowest BCUT2D eigenvalue weighted by molar-refractivity contribution is 0.0946. The Balaban J connectivity index is 1.37. The number of nitrogens with zero attached hydrogens (tertiary/aromatic N) is 2. The highest BCUT2D eigenvalue weighted by atomic mass is 16.5. The van der Waals surface area contributed by atoms with Crippen LogP contribution in [0.5, 0.6) is 5.75 Å². The van der Waals surface area contributed by atoms with Crippen LogP contribution in [0.4, 0.5) is 0 Å². The van der Waals surface area contributed by atoms with E-state index in [-0.39, 0.29) is 5.91 Å². The molecule has 0 aliphatic carbocycles. The summed E-state index contributed by atoms with van der Waals surface area (Å²) in [6, 6.07) is 13.7. The van der Waals surface area contributed by atoms with Gasteiger partial charge in [0.15, 0.2) is 0 Å². The molecule has 1 aromatic carbocycles. The maximum absolute atomic E-state index is 11.9. The van der Waals surface area contributed by atoms with Crippen LogP contribution in [0.15, 0.2) is 48.7 Å². The van der Waals surface area contributed by atoms with E-state index in [1.165, 1.54) is 50.8 Å². The molecule has 150 valence electrons. The normalized spacial score (nSPS) is 15.4. The van der Waals surface area contributed by atoms with Gasteiger partial charge >= 0.3 is 0 Å². The van der Waals surface area contributed by atoms with Gasteiger partial charge in [0.2, 0.25) is 0 Å². The number of amides is 1. The maximum atomic E-state index is 11.9. The number of carbonyl (C=O) groups is 1. The van der Waals surface area contributed by atoms with Crippen molar-refractivity contribution < 1.29 is 9.53 Å². The van der Waals surface area contributed by atoms with Crippen molar-refractivity contribution in [1.82, 2.24) is 15.2 Å². The molecule has 28 heavy (non-hydrogen) atoms. The van der Waals surface area contributed by atoms with Crippen LogP contribution in [0.1, 0.15) is 54.6 Å². The van der Waals surface area contributed by atoms with E-state index >= 15 is 0 Å². The second-order valence-electron chi connectivity index (χ2n) is 7.36. The molecule has 1 saturated heterocycles. The van der Waals surface area contributed by atoms with Crippen LogP contribution < -0.4 is 10.1 Å². The first-order valence-corrected chi connectivity index (χ1v) is 10.4. The molecule has 5 heteroatoms. The summed E-state index contributed by atoms with van der Waals surface area (Å²) in [6.45, 7) is 4.54. The van der Waals surface area contributed by atoms with E-state index in [1.54, 1.807) is 18.3 Å². The van der Waals surface area contributed by atoms with Crippen molar-refractivity contribution in [1.29, 1.82) is 0 Å². The van der Waals surface area contributed by atoms with Crippen LogP contribution in [-0.2, 0) is 6.54 Å². The molecule has 1 aromatic heterocycles.